The van der Waals surface area contributed by atoms with Crippen LogP contribution >= 0.6 is 0 Å². The Morgan fingerprint density at radius 2 is 1.11 bits per heavy atom. The molecule has 1 unspecified atom stereocenters. The molecule has 0 aliphatic carbocycles. The molecule has 1 aliphatic heterocycles. The van der Waals surface area contributed by atoms with E-state index in [-0.39, 0.29) is 6.61 Å². The second kappa shape index (κ2) is 34.2. The van der Waals surface area contributed by atoms with Crippen LogP contribution in [-0.4, -0.2) is 92.5 Å². The fraction of sp³-hybridized carbons (Fsp3) is 0.933. The summed E-state index contributed by atoms with van der Waals surface area (Å²) in [7, 11) is 0. The summed E-state index contributed by atoms with van der Waals surface area (Å²) in [4.78, 5) is 13.5. The van der Waals surface area contributed by atoms with Gasteiger partial charge in [-0.25, -0.2) is 0 Å². The molecule has 6 N–H and O–H groups in total. The number of aliphatic hydroxyl groups is 6. The highest BCUT2D eigenvalue weighted by Crippen LogP contribution is 2.24. The molecule has 0 saturated carbocycles. The molecule has 0 aromatic rings. The minimum atomic E-state index is -1.62. The Balaban J connectivity index is 2.42. The van der Waals surface area contributed by atoms with Crippen molar-refractivity contribution in [3.63, 3.8) is 0 Å². The molecule has 0 radical (unpaired) electrons. The summed E-state index contributed by atoms with van der Waals surface area (Å²) in [6.45, 7) is 5.84. The molecule has 9 atom stereocenters. The number of carbonyl (C=O) groups excluding carboxylic acids is 1. The van der Waals surface area contributed by atoms with Crippen molar-refractivity contribution >= 4 is 5.78 Å². The maximum absolute atomic E-state index is 13.5. The lowest BCUT2D eigenvalue weighted by Gasteiger charge is -2.40. The second-order valence-corrected chi connectivity index (χ2v) is 16.5. The van der Waals surface area contributed by atoms with Gasteiger partial charge in [0.25, 0.3) is 0 Å². The van der Waals surface area contributed by atoms with Crippen molar-refractivity contribution < 1.29 is 44.9 Å². The lowest BCUT2D eigenvalue weighted by molar-refractivity contribution is -0.303. The maximum Gasteiger partial charge on any atom is 0.186 e. The summed E-state index contributed by atoms with van der Waals surface area (Å²) in [6.07, 6.45) is 27.0. The minimum Gasteiger partial charge on any atom is -0.394 e. The Bertz CT molecular complexity index is 883. The minimum absolute atomic E-state index is 0.294. The van der Waals surface area contributed by atoms with Crippen molar-refractivity contribution in [1.82, 2.24) is 0 Å². The van der Waals surface area contributed by atoms with Gasteiger partial charge in [-0.05, 0) is 25.2 Å². The number of Topliss-reactive ketones (excluding diaryl/α,β-unsaturated/α-hetero) is 1. The second-order valence-electron chi connectivity index (χ2n) is 16.5. The van der Waals surface area contributed by atoms with Gasteiger partial charge in [-0.2, -0.15) is 0 Å². The molecule has 320 valence electrons. The highest BCUT2D eigenvalue weighted by atomic mass is 16.7. The molecule has 1 aliphatic rings. The third-order valence-electron chi connectivity index (χ3n) is 11.6. The summed E-state index contributed by atoms with van der Waals surface area (Å²) >= 11 is 0. The topological polar surface area (TPSA) is 157 Å². The van der Waals surface area contributed by atoms with E-state index in [0.29, 0.717) is 12.8 Å². The first-order valence-electron chi connectivity index (χ1n) is 22.7. The van der Waals surface area contributed by atoms with Crippen LogP contribution in [0.1, 0.15) is 201 Å². The Morgan fingerprint density at radius 3 is 1.59 bits per heavy atom. The summed E-state index contributed by atoms with van der Waals surface area (Å²) < 4.78 is 11.1. The average Bonchev–Trinajstić information content (AvgIpc) is 3.17. The van der Waals surface area contributed by atoms with Crippen LogP contribution in [0.3, 0.4) is 0 Å². The molecule has 0 aromatic heterocycles. The van der Waals surface area contributed by atoms with Crippen molar-refractivity contribution in [2.24, 2.45) is 11.8 Å². The zero-order chi connectivity index (χ0) is 39.8. The third kappa shape index (κ3) is 24.0. The molecule has 0 bridgehead atoms. The van der Waals surface area contributed by atoms with E-state index in [1.807, 2.05) is 6.08 Å². The number of carbonyl (C=O) groups is 1. The number of ketones is 1. The van der Waals surface area contributed by atoms with E-state index >= 15 is 0 Å². The van der Waals surface area contributed by atoms with E-state index in [4.69, 9.17) is 9.47 Å². The molecule has 1 fully saturated rings. The average molecular weight is 771 g/mol. The van der Waals surface area contributed by atoms with Gasteiger partial charge in [-0.15, -0.1) is 0 Å². The Labute approximate surface area is 330 Å². The van der Waals surface area contributed by atoms with Crippen LogP contribution in [0.25, 0.3) is 0 Å². The van der Waals surface area contributed by atoms with Crippen molar-refractivity contribution in [2.75, 3.05) is 13.2 Å². The number of ether oxygens (including phenoxy) is 2. The summed E-state index contributed by atoms with van der Waals surface area (Å²) in [5.41, 5.74) is 0. The highest BCUT2D eigenvalue weighted by Gasteiger charge is 2.44. The number of rotatable bonds is 37. The first kappa shape index (κ1) is 51.1. The van der Waals surface area contributed by atoms with Crippen LogP contribution in [0.4, 0.5) is 0 Å². The van der Waals surface area contributed by atoms with Crippen LogP contribution in [0.15, 0.2) is 12.2 Å². The number of allylic oxidation sites excluding steroid dienone is 1. The molecule has 0 spiro atoms. The standard InChI is InChI=1S/C45H86O9/c1-4-6-7-8-9-10-11-12-13-14-15-16-17-18-19-24-27-30-33-39(48)41(49)37(35-53-45-44(52)43(51)42(50)40(34-46)54-45)38(47)32-29-26-23-21-20-22-25-28-31-36(3)5-2/h29,32,36-40,42-48,50-52H,4-28,30-31,33-35H2,1-3H3/b32-29+/t36?,37-,38+,39+,40+,42-,43-,44+,45+/m0/s1. The van der Waals surface area contributed by atoms with Crippen LogP contribution in [0, 0.1) is 11.8 Å². The quantitative estimate of drug-likeness (QED) is 0.0268. The van der Waals surface area contributed by atoms with Crippen LogP contribution in [0.2, 0.25) is 0 Å². The van der Waals surface area contributed by atoms with Crippen molar-refractivity contribution in [2.45, 2.75) is 243 Å². The first-order chi connectivity index (χ1) is 26.2. The predicted octanol–water partition coefficient (Wildman–Crippen LogP) is 8.86. The van der Waals surface area contributed by atoms with Gasteiger partial charge in [0.05, 0.1) is 25.2 Å². The van der Waals surface area contributed by atoms with Gasteiger partial charge in [-0.1, -0.05) is 193 Å². The van der Waals surface area contributed by atoms with Gasteiger partial charge in [0, 0.05) is 0 Å². The number of unbranched alkanes of at least 4 members (excludes halogenated alkanes) is 23. The molecule has 1 rings (SSSR count). The normalized spacial score (nSPS) is 22.8. The Kier molecular flexibility index (Phi) is 32.3. The van der Waals surface area contributed by atoms with Gasteiger partial charge in [-0.3, -0.25) is 4.79 Å². The number of hydrogen-bond acceptors (Lipinski definition) is 9. The molecular formula is C45H86O9. The van der Waals surface area contributed by atoms with Crippen LogP contribution in [-0.2, 0) is 14.3 Å². The molecule has 1 saturated heterocycles. The van der Waals surface area contributed by atoms with E-state index in [0.717, 1.165) is 44.4 Å². The maximum atomic E-state index is 13.5. The lowest BCUT2D eigenvalue weighted by Crippen LogP contribution is -2.59. The van der Waals surface area contributed by atoms with E-state index in [2.05, 4.69) is 20.8 Å². The molecule has 1 heterocycles. The number of hydrogen-bond donors (Lipinski definition) is 6. The van der Waals surface area contributed by atoms with Crippen LogP contribution in [0.5, 0.6) is 0 Å². The first-order valence-corrected chi connectivity index (χ1v) is 22.7. The fourth-order valence-electron chi connectivity index (χ4n) is 7.42. The van der Waals surface area contributed by atoms with Crippen LogP contribution < -0.4 is 0 Å². The predicted molar refractivity (Wildman–Crippen MR) is 219 cm³/mol. The largest absolute Gasteiger partial charge is 0.394 e. The van der Waals surface area contributed by atoms with Gasteiger partial charge in [0.15, 0.2) is 12.1 Å². The molecule has 0 amide bonds. The van der Waals surface area contributed by atoms with Crippen molar-refractivity contribution in [1.29, 1.82) is 0 Å². The fourth-order valence-corrected chi connectivity index (χ4v) is 7.42. The smallest absolute Gasteiger partial charge is 0.186 e. The lowest BCUT2D eigenvalue weighted by atomic mass is 9.91. The van der Waals surface area contributed by atoms with E-state index in [9.17, 15) is 35.4 Å². The molecule has 9 nitrogen and oxygen atoms in total. The van der Waals surface area contributed by atoms with E-state index in [1.54, 1.807) is 6.08 Å². The molecule has 9 heteroatoms. The summed E-state index contributed by atoms with van der Waals surface area (Å²) in [6, 6.07) is 0. The SMILES string of the molecule is CCCCCCCCCCCCCCCCCCCC[C@@H](O)C(=O)[C@@H](CO[C@@H]1O[C@H](CO)[C@H](O)[C@H](O)[C@H]1O)[C@H](O)/C=C/CCCCCCCCC(C)CC. The zero-order valence-corrected chi connectivity index (χ0v) is 35.0. The molecule has 0 aromatic carbocycles. The summed E-state index contributed by atoms with van der Waals surface area (Å²) in [5.74, 6) is -0.861. The van der Waals surface area contributed by atoms with Gasteiger partial charge >= 0.3 is 0 Å². The molecular weight excluding hydrogens is 684 g/mol. The third-order valence-corrected chi connectivity index (χ3v) is 11.6. The van der Waals surface area contributed by atoms with Gasteiger partial charge in [0.1, 0.15) is 30.5 Å². The van der Waals surface area contributed by atoms with E-state index in [1.165, 1.54) is 128 Å². The monoisotopic (exact) mass is 771 g/mol. The van der Waals surface area contributed by atoms with Crippen molar-refractivity contribution in [3.8, 4) is 0 Å². The molecule has 54 heavy (non-hydrogen) atoms. The highest BCUT2D eigenvalue weighted by molar-refractivity contribution is 5.86. The zero-order valence-electron chi connectivity index (χ0n) is 35.0. The number of aliphatic hydroxyl groups excluding tert-OH is 6. The van der Waals surface area contributed by atoms with Crippen molar-refractivity contribution in [3.05, 3.63) is 12.2 Å². The summed E-state index contributed by atoms with van der Waals surface area (Å²) in [5, 5.41) is 62.2. The van der Waals surface area contributed by atoms with Gasteiger partial charge < -0.3 is 40.1 Å². The Morgan fingerprint density at radius 1 is 0.648 bits per heavy atom. The Hall–Kier alpha value is -0.910. The van der Waals surface area contributed by atoms with E-state index < -0.39 is 61.2 Å². The van der Waals surface area contributed by atoms with Gasteiger partial charge in [0.2, 0.25) is 0 Å².